The minimum atomic E-state index is -3.62. The molecule has 1 unspecified atom stereocenters. The van der Waals surface area contributed by atoms with Crippen molar-refractivity contribution in [3.05, 3.63) is 29.8 Å². The molecule has 0 heterocycles. The van der Waals surface area contributed by atoms with Gasteiger partial charge in [-0.15, -0.1) is 0 Å². The third-order valence-electron chi connectivity index (χ3n) is 3.42. The first-order valence-corrected chi connectivity index (χ1v) is 8.05. The summed E-state index contributed by atoms with van der Waals surface area (Å²) in [5.74, 6) is 0. The van der Waals surface area contributed by atoms with Crippen LogP contribution in [0.1, 0.15) is 44.2 Å². The summed E-state index contributed by atoms with van der Waals surface area (Å²) in [5.41, 5.74) is 3.98. The maximum Gasteiger partial charge on any atom is 0.238 e. The van der Waals surface area contributed by atoms with E-state index >= 15 is 0 Å². The van der Waals surface area contributed by atoms with E-state index in [1.807, 2.05) is 6.92 Å². The molecule has 1 aromatic rings. The first-order chi connectivity index (χ1) is 8.97. The van der Waals surface area contributed by atoms with Crippen LogP contribution in [-0.4, -0.2) is 14.5 Å². The van der Waals surface area contributed by atoms with Crippen LogP contribution < -0.4 is 10.6 Å². The molecule has 0 saturated heterocycles. The van der Waals surface area contributed by atoms with Gasteiger partial charge in [0, 0.05) is 0 Å². The lowest BCUT2D eigenvalue weighted by atomic mass is 10.1. The molecule has 6 heteroatoms. The number of sulfonamides is 1. The second-order valence-electron chi connectivity index (χ2n) is 4.98. The van der Waals surface area contributed by atoms with Crippen molar-refractivity contribution >= 4 is 10.0 Å². The van der Waals surface area contributed by atoms with Gasteiger partial charge in [0.2, 0.25) is 10.0 Å². The minimum Gasteiger partial charge on any atom is -0.298 e. The third kappa shape index (κ3) is 4.01. The molecule has 0 aliphatic heterocycles. The van der Waals surface area contributed by atoms with Crippen LogP contribution in [0.15, 0.2) is 29.2 Å². The van der Waals surface area contributed by atoms with Gasteiger partial charge in [-0.3, -0.25) is 4.84 Å². The van der Waals surface area contributed by atoms with Crippen molar-refractivity contribution in [1.29, 1.82) is 0 Å². The molecule has 1 aliphatic rings. The number of hydroxylamine groups is 1. The fourth-order valence-corrected chi connectivity index (χ4v) is 2.73. The summed E-state index contributed by atoms with van der Waals surface area (Å²) in [5, 5.41) is 5.06. The zero-order chi connectivity index (χ0) is 13.9. The van der Waals surface area contributed by atoms with E-state index in [0.717, 1.165) is 18.4 Å². The molecule has 0 amide bonds. The molecule has 0 aromatic heterocycles. The van der Waals surface area contributed by atoms with Crippen LogP contribution in [0.25, 0.3) is 0 Å². The van der Waals surface area contributed by atoms with Crippen molar-refractivity contribution in [2.45, 2.75) is 49.6 Å². The van der Waals surface area contributed by atoms with Crippen molar-refractivity contribution in [3.63, 3.8) is 0 Å². The minimum absolute atomic E-state index is 0.00938. The topological polar surface area (TPSA) is 81.4 Å². The van der Waals surface area contributed by atoms with E-state index in [9.17, 15) is 8.42 Å². The van der Waals surface area contributed by atoms with Gasteiger partial charge in [-0.1, -0.05) is 25.0 Å². The number of hydrogen-bond donors (Lipinski definition) is 2. The highest BCUT2D eigenvalue weighted by Gasteiger charge is 2.17. The van der Waals surface area contributed by atoms with Gasteiger partial charge in [0.25, 0.3) is 0 Å². The van der Waals surface area contributed by atoms with Crippen LogP contribution in [0.4, 0.5) is 0 Å². The molecule has 1 fully saturated rings. The highest BCUT2D eigenvalue weighted by Crippen LogP contribution is 2.21. The average Bonchev–Trinajstić information content (AvgIpc) is 2.88. The Bertz CT molecular complexity index is 507. The summed E-state index contributed by atoms with van der Waals surface area (Å²) in [4.78, 5) is 5.75. The molecule has 19 heavy (non-hydrogen) atoms. The zero-order valence-electron chi connectivity index (χ0n) is 11.0. The van der Waals surface area contributed by atoms with Crippen LogP contribution in [-0.2, 0) is 14.9 Å². The molecule has 0 radical (unpaired) electrons. The summed E-state index contributed by atoms with van der Waals surface area (Å²) in [6, 6.07) is 6.52. The van der Waals surface area contributed by atoms with Crippen LogP contribution in [0.2, 0.25) is 0 Å². The third-order valence-corrected chi connectivity index (χ3v) is 4.35. The molecule has 2 rings (SSSR count). The average molecular weight is 284 g/mol. The second-order valence-corrected chi connectivity index (χ2v) is 6.54. The zero-order valence-corrected chi connectivity index (χ0v) is 11.8. The van der Waals surface area contributed by atoms with Gasteiger partial charge in [0.15, 0.2) is 0 Å². The van der Waals surface area contributed by atoms with Gasteiger partial charge < -0.3 is 0 Å². The SMILES string of the molecule is CC(NOC1CCCC1)c1ccc(S(N)(=O)=O)cc1. The Morgan fingerprint density at radius 2 is 1.84 bits per heavy atom. The quantitative estimate of drug-likeness (QED) is 0.809. The molecule has 1 atom stereocenters. The predicted molar refractivity (Wildman–Crippen MR) is 72.7 cm³/mol. The monoisotopic (exact) mass is 284 g/mol. The van der Waals surface area contributed by atoms with E-state index < -0.39 is 10.0 Å². The van der Waals surface area contributed by atoms with Crippen molar-refractivity contribution in [3.8, 4) is 0 Å². The molecule has 1 saturated carbocycles. The van der Waals surface area contributed by atoms with Gasteiger partial charge in [-0.05, 0) is 37.5 Å². The highest BCUT2D eigenvalue weighted by molar-refractivity contribution is 7.89. The van der Waals surface area contributed by atoms with Crippen molar-refractivity contribution in [1.82, 2.24) is 5.48 Å². The molecule has 1 aliphatic carbocycles. The van der Waals surface area contributed by atoms with E-state index in [-0.39, 0.29) is 10.9 Å². The summed E-state index contributed by atoms with van der Waals surface area (Å²) in [6.45, 7) is 1.97. The number of nitrogens with one attached hydrogen (secondary N) is 1. The molecule has 0 bridgehead atoms. The molecule has 0 spiro atoms. The molecule has 106 valence electrons. The second kappa shape index (κ2) is 6.00. The van der Waals surface area contributed by atoms with Crippen molar-refractivity contribution in [2.24, 2.45) is 5.14 Å². The lowest BCUT2D eigenvalue weighted by molar-refractivity contribution is -0.0376. The Labute approximate surface area is 114 Å². The molecule has 5 nitrogen and oxygen atoms in total. The Morgan fingerprint density at radius 3 is 2.37 bits per heavy atom. The number of nitrogens with two attached hydrogens (primary N) is 1. The summed E-state index contributed by atoms with van der Waals surface area (Å²) < 4.78 is 22.3. The van der Waals surface area contributed by atoms with Gasteiger partial charge in [-0.25, -0.2) is 13.6 Å². The molecule has 1 aromatic carbocycles. The normalized spacial score (nSPS) is 18.6. The van der Waals surface area contributed by atoms with Gasteiger partial charge >= 0.3 is 0 Å². The summed E-state index contributed by atoms with van der Waals surface area (Å²) in [6.07, 6.45) is 4.95. The number of hydrogen-bond acceptors (Lipinski definition) is 4. The van der Waals surface area contributed by atoms with E-state index in [1.165, 1.54) is 25.0 Å². The summed E-state index contributed by atoms with van der Waals surface area (Å²) >= 11 is 0. The van der Waals surface area contributed by atoms with E-state index in [0.29, 0.717) is 6.10 Å². The van der Waals surface area contributed by atoms with Gasteiger partial charge in [0.1, 0.15) is 0 Å². The van der Waals surface area contributed by atoms with E-state index in [1.54, 1.807) is 12.1 Å². The lowest BCUT2D eigenvalue weighted by Crippen LogP contribution is -2.24. The highest BCUT2D eigenvalue weighted by atomic mass is 32.2. The summed E-state index contributed by atoms with van der Waals surface area (Å²) in [7, 11) is -3.62. The van der Waals surface area contributed by atoms with Crippen LogP contribution in [0, 0.1) is 0 Å². The molecular weight excluding hydrogens is 264 g/mol. The van der Waals surface area contributed by atoms with Crippen molar-refractivity contribution < 1.29 is 13.3 Å². The maximum absolute atomic E-state index is 11.2. The van der Waals surface area contributed by atoms with E-state index in [2.05, 4.69) is 5.48 Å². The largest absolute Gasteiger partial charge is 0.298 e. The fraction of sp³-hybridized carbons (Fsp3) is 0.538. The van der Waals surface area contributed by atoms with Gasteiger partial charge in [0.05, 0.1) is 17.0 Å². The first kappa shape index (κ1) is 14.5. The van der Waals surface area contributed by atoms with Crippen LogP contribution >= 0.6 is 0 Å². The van der Waals surface area contributed by atoms with Crippen LogP contribution in [0.3, 0.4) is 0 Å². The van der Waals surface area contributed by atoms with Crippen LogP contribution in [0.5, 0.6) is 0 Å². The molecular formula is C13H20N2O3S. The fourth-order valence-electron chi connectivity index (χ4n) is 2.22. The Hall–Kier alpha value is -0.950. The van der Waals surface area contributed by atoms with E-state index in [4.69, 9.17) is 9.98 Å². The number of benzene rings is 1. The Kier molecular flexibility index (Phi) is 4.57. The smallest absolute Gasteiger partial charge is 0.238 e. The standard InChI is InChI=1S/C13H20N2O3S/c1-10(15-18-12-4-2-3-5-12)11-6-8-13(9-7-11)19(14,16)17/h6-10,12,15H,2-5H2,1H3,(H2,14,16,17). The van der Waals surface area contributed by atoms with Crippen molar-refractivity contribution in [2.75, 3.05) is 0 Å². The number of rotatable bonds is 5. The predicted octanol–water partition coefficient (Wildman–Crippen LogP) is 1.86. The van der Waals surface area contributed by atoms with Gasteiger partial charge in [-0.2, -0.15) is 5.48 Å². The molecule has 3 N–H and O–H groups in total. The Morgan fingerprint density at radius 1 is 1.26 bits per heavy atom. The first-order valence-electron chi connectivity index (χ1n) is 6.51. The lowest BCUT2D eigenvalue weighted by Gasteiger charge is -2.18. The maximum atomic E-state index is 11.2. The number of primary sulfonamides is 1. The Balaban J connectivity index is 1.93.